The molecule has 1 rings (SSSR count). The second kappa shape index (κ2) is 8.80. The molecule has 0 bridgehead atoms. The smallest absolute Gasteiger partial charge is 0.323 e. The fraction of sp³-hybridized carbons (Fsp3) is 0.750. The third-order valence-electron chi connectivity index (χ3n) is 2.88. The van der Waals surface area contributed by atoms with Crippen LogP contribution in [0.25, 0.3) is 0 Å². The van der Waals surface area contributed by atoms with Crippen molar-refractivity contribution in [3.05, 3.63) is 0 Å². The molecule has 1 saturated heterocycles. The first-order valence-corrected chi connectivity index (χ1v) is 7.63. The maximum atomic E-state index is 11.8. The Morgan fingerprint density at radius 3 is 2.45 bits per heavy atom. The number of likely N-dealkylation sites (N-methyl/N-ethyl adjacent to an activating group) is 1. The van der Waals surface area contributed by atoms with Gasteiger partial charge in [0.05, 0.1) is 24.7 Å². The average Bonchev–Trinajstić information content (AvgIpc) is 2.45. The summed E-state index contributed by atoms with van der Waals surface area (Å²) in [4.78, 5) is 37.2. The van der Waals surface area contributed by atoms with Crippen molar-refractivity contribution >= 4 is 29.5 Å². The maximum absolute atomic E-state index is 11.8. The summed E-state index contributed by atoms with van der Waals surface area (Å²) < 4.78 is 5.16. The number of amides is 2. The predicted octanol–water partition coefficient (Wildman–Crippen LogP) is -0.488. The summed E-state index contributed by atoms with van der Waals surface area (Å²) in [5, 5.41) is 8.67. The van der Waals surface area contributed by atoms with Crippen LogP contribution in [0.2, 0.25) is 0 Å². The van der Waals surface area contributed by atoms with Gasteiger partial charge in [-0.25, -0.2) is 0 Å². The highest BCUT2D eigenvalue weighted by molar-refractivity contribution is 8.00. The van der Waals surface area contributed by atoms with E-state index in [2.05, 4.69) is 0 Å². The minimum Gasteiger partial charge on any atom is -0.480 e. The Bertz CT molecular complexity index is 358. The van der Waals surface area contributed by atoms with E-state index < -0.39 is 5.97 Å². The van der Waals surface area contributed by atoms with Crippen LogP contribution in [0.5, 0.6) is 0 Å². The molecule has 20 heavy (non-hydrogen) atoms. The monoisotopic (exact) mass is 304 g/mol. The third kappa shape index (κ3) is 5.79. The van der Waals surface area contributed by atoms with Gasteiger partial charge < -0.3 is 19.6 Å². The summed E-state index contributed by atoms with van der Waals surface area (Å²) in [7, 11) is 0. The van der Waals surface area contributed by atoms with Gasteiger partial charge in [0.15, 0.2) is 0 Å². The zero-order chi connectivity index (χ0) is 15.0. The summed E-state index contributed by atoms with van der Waals surface area (Å²) in [5.74, 6) is -0.940. The zero-order valence-corrected chi connectivity index (χ0v) is 12.4. The molecule has 1 aliphatic rings. The Balaban J connectivity index is 2.26. The van der Waals surface area contributed by atoms with E-state index >= 15 is 0 Å². The van der Waals surface area contributed by atoms with E-state index in [1.54, 1.807) is 11.8 Å². The summed E-state index contributed by atoms with van der Waals surface area (Å²) in [6.07, 6.45) is 0. The lowest BCUT2D eigenvalue weighted by Crippen LogP contribution is -2.42. The molecule has 0 aliphatic carbocycles. The van der Waals surface area contributed by atoms with Crippen LogP contribution < -0.4 is 0 Å². The lowest BCUT2D eigenvalue weighted by Gasteiger charge is -2.26. The van der Waals surface area contributed by atoms with Crippen LogP contribution in [0.4, 0.5) is 0 Å². The molecule has 1 heterocycles. The van der Waals surface area contributed by atoms with Gasteiger partial charge in [0, 0.05) is 19.6 Å². The van der Waals surface area contributed by atoms with Crippen LogP contribution in [-0.4, -0.2) is 83.6 Å². The molecule has 0 atom stereocenters. The number of carbonyl (C=O) groups is 3. The van der Waals surface area contributed by atoms with Gasteiger partial charge in [0.25, 0.3) is 0 Å². The van der Waals surface area contributed by atoms with Crippen LogP contribution in [0.15, 0.2) is 0 Å². The molecular weight excluding hydrogens is 284 g/mol. The fourth-order valence-electron chi connectivity index (χ4n) is 1.76. The Labute approximate surface area is 122 Å². The van der Waals surface area contributed by atoms with E-state index in [0.717, 1.165) is 0 Å². The molecule has 0 aromatic heterocycles. The second-order valence-corrected chi connectivity index (χ2v) is 5.27. The molecule has 0 spiro atoms. The van der Waals surface area contributed by atoms with Crippen molar-refractivity contribution in [2.75, 3.05) is 50.9 Å². The second-order valence-electron chi connectivity index (χ2n) is 4.29. The molecule has 1 fully saturated rings. The Hall–Kier alpha value is -1.28. The van der Waals surface area contributed by atoms with Gasteiger partial charge in [-0.3, -0.25) is 14.4 Å². The van der Waals surface area contributed by atoms with E-state index in [-0.39, 0.29) is 29.9 Å². The number of carboxylic acid groups (broad SMARTS) is 1. The standard InChI is InChI=1S/C12H20N2O5S/c1-2-13(7-12(17)18)10(15)8-20-9-11(16)14-3-5-19-6-4-14/h2-9H2,1H3,(H,17,18). The molecule has 0 aromatic carbocycles. The molecule has 0 unspecified atom stereocenters. The highest BCUT2D eigenvalue weighted by Crippen LogP contribution is 2.07. The number of thioether (sulfide) groups is 1. The molecule has 7 nitrogen and oxygen atoms in total. The first kappa shape index (κ1) is 16.8. The number of hydrogen-bond donors (Lipinski definition) is 1. The number of nitrogens with zero attached hydrogens (tertiary/aromatic N) is 2. The van der Waals surface area contributed by atoms with E-state index in [4.69, 9.17) is 9.84 Å². The predicted molar refractivity (Wildman–Crippen MR) is 74.6 cm³/mol. The number of aliphatic carboxylic acids is 1. The molecule has 1 N–H and O–H groups in total. The maximum Gasteiger partial charge on any atom is 0.323 e. The number of rotatable bonds is 7. The van der Waals surface area contributed by atoms with E-state index in [9.17, 15) is 14.4 Å². The lowest BCUT2D eigenvalue weighted by atomic mass is 10.4. The largest absolute Gasteiger partial charge is 0.480 e. The Morgan fingerprint density at radius 2 is 1.90 bits per heavy atom. The summed E-state index contributed by atoms with van der Waals surface area (Å²) in [6.45, 7) is 4.07. The van der Waals surface area contributed by atoms with Gasteiger partial charge in [0.1, 0.15) is 6.54 Å². The topological polar surface area (TPSA) is 87.2 Å². The number of carbonyl (C=O) groups excluding carboxylic acids is 2. The van der Waals surface area contributed by atoms with Crippen LogP contribution in [0, 0.1) is 0 Å². The van der Waals surface area contributed by atoms with Crippen LogP contribution >= 0.6 is 11.8 Å². The van der Waals surface area contributed by atoms with Crippen molar-refractivity contribution in [1.29, 1.82) is 0 Å². The number of carboxylic acids is 1. The van der Waals surface area contributed by atoms with Gasteiger partial charge in [0.2, 0.25) is 11.8 Å². The van der Waals surface area contributed by atoms with E-state index in [1.165, 1.54) is 16.7 Å². The number of ether oxygens (including phenoxy) is 1. The van der Waals surface area contributed by atoms with Crippen molar-refractivity contribution in [3.63, 3.8) is 0 Å². The summed E-state index contributed by atoms with van der Waals surface area (Å²) in [5.41, 5.74) is 0. The van der Waals surface area contributed by atoms with Crippen molar-refractivity contribution in [1.82, 2.24) is 9.80 Å². The molecule has 2 amide bonds. The Kier molecular flexibility index (Phi) is 7.38. The van der Waals surface area contributed by atoms with Crippen LogP contribution in [0.1, 0.15) is 6.92 Å². The zero-order valence-electron chi connectivity index (χ0n) is 11.5. The van der Waals surface area contributed by atoms with Gasteiger partial charge >= 0.3 is 5.97 Å². The quantitative estimate of drug-likeness (QED) is 0.683. The highest BCUT2D eigenvalue weighted by atomic mass is 32.2. The first-order chi connectivity index (χ1) is 9.54. The van der Waals surface area contributed by atoms with Crippen LogP contribution in [-0.2, 0) is 19.1 Å². The van der Waals surface area contributed by atoms with Gasteiger partial charge in [-0.1, -0.05) is 0 Å². The van der Waals surface area contributed by atoms with E-state index in [0.29, 0.717) is 32.8 Å². The molecule has 1 aliphatic heterocycles. The van der Waals surface area contributed by atoms with Gasteiger partial charge in [-0.2, -0.15) is 0 Å². The average molecular weight is 304 g/mol. The Morgan fingerprint density at radius 1 is 1.25 bits per heavy atom. The van der Waals surface area contributed by atoms with Gasteiger partial charge in [-0.05, 0) is 6.92 Å². The van der Waals surface area contributed by atoms with Crippen molar-refractivity contribution in [2.24, 2.45) is 0 Å². The molecule has 0 saturated carbocycles. The molecule has 0 radical (unpaired) electrons. The summed E-state index contributed by atoms with van der Waals surface area (Å²) in [6, 6.07) is 0. The third-order valence-corrected chi connectivity index (χ3v) is 3.78. The normalized spacial score (nSPS) is 14.9. The number of hydrogen-bond acceptors (Lipinski definition) is 5. The van der Waals surface area contributed by atoms with Crippen molar-refractivity contribution in [3.8, 4) is 0 Å². The number of morpholine rings is 1. The van der Waals surface area contributed by atoms with Crippen LogP contribution in [0.3, 0.4) is 0 Å². The SMILES string of the molecule is CCN(CC(=O)O)C(=O)CSCC(=O)N1CCOCC1. The lowest BCUT2D eigenvalue weighted by molar-refractivity contribution is -0.143. The molecular formula is C12H20N2O5S. The van der Waals surface area contributed by atoms with Crippen molar-refractivity contribution in [2.45, 2.75) is 6.92 Å². The first-order valence-electron chi connectivity index (χ1n) is 6.47. The minimum absolute atomic E-state index is 0.00705. The highest BCUT2D eigenvalue weighted by Gasteiger charge is 2.18. The van der Waals surface area contributed by atoms with Crippen molar-refractivity contribution < 1.29 is 24.2 Å². The van der Waals surface area contributed by atoms with Gasteiger partial charge in [-0.15, -0.1) is 11.8 Å². The molecule has 8 heteroatoms. The summed E-state index contributed by atoms with van der Waals surface area (Å²) >= 11 is 1.22. The fourth-order valence-corrected chi connectivity index (χ4v) is 2.58. The van der Waals surface area contributed by atoms with E-state index in [1.807, 2.05) is 0 Å². The minimum atomic E-state index is -1.03. The molecule has 0 aromatic rings. The molecule has 114 valence electrons.